The molecule has 0 aliphatic carbocycles. The van der Waals surface area contributed by atoms with Gasteiger partial charge in [0.1, 0.15) is 0 Å². The van der Waals surface area contributed by atoms with Gasteiger partial charge in [-0.3, -0.25) is 4.79 Å². The van der Waals surface area contributed by atoms with Crippen molar-refractivity contribution in [2.45, 2.75) is 23.6 Å². The van der Waals surface area contributed by atoms with E-state index in [9.17, 15) is 4.79 Å². The molecule has 3 nitrogen and oxygen atoms in total. The maximum absolute atomic E-state index is 9.37. The number of aliphatic hydroxyl groups is 1. The van der Waals surface area contributed by atoms with Crippen molar-refractivity contribution in [3.63, 3.8) is 0 Å². The van der Waals surface area contributed by atoms with Gasteiger partial charge in [-0.2, -0.15) is 0 Å². The van der Waals surface area contributed by atoms with Crippen molar-refractivity contribution in [3.05, 3.63) is 0 Å². The first-order chi connectivity index (χ1) is 4.00. The maximum atomic E-state index is 9.37. The Labute approximate surface area is 72.5 Å². The summed E-state index contributed by atoms with van der Waals surface area (Å²) in [6.45, 7) is 3.38. The molecule has 0 heterocycles. The topological polar surface area (TPSA) is 57.5 Å². The predicted octanol–water partition coefficient (Wildman–Crippen LogP) is -0.0258. The number of carboxylic acids is 1. The molecule has 1 unspecified atom stereocenters. The number of aliphatic carboxylic acids is 1. The molecule has 0 aromatic rings. The Hall–Kier alpha value is 0.430. The Kier molecular flexibility index (Phi) is 11.4. The van der Waals surface area contributed by atoms with Gasteiger partial charge >= 0.3 is 49.3 Å². The van der Waals surface area contributed by atoms with Gasteiger partial charge in [-0.05, 0) is 0 Å². The summed E-state index contributed by atoms with van der Waals surface area (Å²) in [6.07, 6.45) is 0.222. The normalized spacial score (nSPS) is 11.2. The van der Waals surface area contributed by atoms with E-state index in [0.29, 0.717) is 0 Å². The minimum absolute atomic E-state index is 0.0278. The van der Waals surface area contributed by atoms with Crippen LogP contribution in [0.4, 0.5) is 0 Å². The fraction of sp³-hybridized carbons (Fsp3) is 0.800. The number of hydrogen-bond donors (Lipinski definition) is 2. The van der Waals surface area contributed by atoms with Crippen molar-refractivity contribution in [3.8, 4) is 0 Å². The Morgan fingerprint density at radius 2 is 1.89 bits per heavy atom. The van der Waals surface area contributed by atoms with Gasteiger partial charge in [0.05, 0.1) is 0 Å². The molecule has 0 saturated carbocycles. The van der Waals surface area contributed by atoms with Gasteiger partial charge in [0, 0.05) is 6.42 Å². The van der Waals surface area contributed by atoms with E-state index in [1.54, 1.807) is 13.8 Å². The van der Waals surface area contributed by atoms with Crippen LogP contribution in [0.5, 0.6) is 0 Å². The fourth-order valence-corrected chi connectivity index (χ4v) is 0. The first-order valence-corrected chi connectivity index (χ1v) is 4.06. The summed E-state index contributed by atoms with van der Waals surface area (Å²) < 4.78 is -0.0278. The molecular weight excluding hydrogens is 131 g/mol. The van der Waals surface area contributed by atoms with E-state index in [0.717, 1.165) is 27.9 Å². The zero-order chi connectivity index (χ0) is 7.86. The minimum atomic E-state index is -0.745. The van der Waals surface area contributed by atoms with E-state index in [2.05, 4.69) is 0 Å². The third kappa shape index (κ3) is 59.0. The first kappa shape index (κ1) is 12.1. The summed E-state index contributed by atoms with van der Waals surface area (Å²) in [5.74, 6) is -0.745. The summed E-state index contributed by atoms with van der Waals surface area (Å²) in [5.41, 5.74) is 0. The average Bonchev–Trinajstić information content (AvgIpc) is 1.65. The second-order valence-corrected chi connectivity index (χ2v) is 3.51. The standard InChI is InChI=1S/C3H6O2.C2H5O.Na/c1-2-3(4)5;1-2-3;/h2H2,1H3,(H,4,5);2-3H,1H3;. The third-order valence-corrected chi connectivity index (χ3v) is 0.302. The number of hydrogen-bond acceptors (Lipinski definition) is 2. The van der Waals surface area contributed by atoms with E-state index < -0.39 is 5.97 Å². The van der Waals surface area contributed by atoms with Gasteiger partial charge in [-0.25, -0.2) is 0 Å². The van der Waals surface area contributed by atoms with Gasteiger partial charge in [-0.15, -0.1) is 0 Å². The Bertz CT molecular complexity index is 69.8. The van der Waals surface area contributed by atoms with E-state index in [1.165, 1.54) is 0 Å². The molecule has 0 amide bonds. The van der Waals surface area contributed by atoms with E-state index in [4.69, 9.17) is 10.2 Å². The van der Waals surface area contributed by atoms with Crippen molar-refractivity contribution in [1.29, 1.82) is 0 Å². The number of carbonyl (C=O) groups is 1. The fourth-order valence-electron chi connectivity index (χ4n) is 0. The van der Waals surface area contributed by atoms with Crippen LogP contribution in [-0.4, -0.2) is 47.5 Å². The molecule has 0 aliphatic rings. The van der Waals surface area contributed by atoms with Crippen LogP contribution < -0.4 is 0 Å². The molecular formula is C5H11NaO3. The zero-order valence-corrected chi connectivity index (χ0v) is 8.09. The molecule has 2 N–H and O–H groups in total. The molecule has 0 saturated heterocycles. The molecule has 50 valence electrons. The average molecular weight is 142 g/mol. The van der Waals surface area contributed by atoms with Crippen LogP contribution in [0.15, 0.2) is 0 Å². The van der Waals surface area contributed by atoms with Crippen molar-refractivity contribution in [2.75, 3.05) is 0 Å². The molecule has 9 heavy (non-hydrogen) atoms. The molecule has 0 aliphatic heterocycles. The molecule has 0 fully saturated rings. The van der Waals surface area contributed by atoms with Crippen LogP contribution in [-0.2, 0) is 4.79 Å². The molecule has 0 aromatic heterocycles. The van der Waals surface area contributed by atoms with Crippen LogP contribution in [0.3, 0.4) is 0 Å². The van der Waals surface area contributed by atoms with E-state index in [-0.39, 0.29) is 9.77 Å². The second kappa shape index (κ2) is 8.43. The Morgan fingerprint density at radius 1 is 1.78 bits per heavy atom. The number of rotatable bonds is 1. The molecule has 0 bridgehead atoms. The van der Waals surface area contributed by atoms with Crippen molar-refractivity contribution in [1.82, 2.24) is 0 Å². The molecule has 4 heteroatoms. The molecule has 0 spiro atoms. The Balaban J connectivity index is 0. The SMILES string of the molecule is CCC(=O)O.C[CH](O)[Na]. The number of aliphatic hydroxyl groups excluding tert-OH is 1. The van der Waals surface area contributed by atoms with Gasteiger partial charge in [0.25, 0.3) is 0 Å². The summed E-state index contributed by atoms with van der Waals surface area (Å²) in [4.78, 5) is 9.37. The van der Waals surface area contributed by atoms with Gasteiger partial charge in [-0.1, -0.05) is 6.92 Å². The van der Waals surface area contributed by atoms with Gasteiger partial charge in [0.2, 0.25) is 0 Å². The second-order valence-electron chi connectivity index (χ2n) is 1.84. The molecule has 0 radical (unpaired) electrons. The molecule has 0 rings (SSSR count). The summed E-state index contributed by atoms with van der Waals surface area (Å²) in [7, 11) is 0. The van der Waals surface area contributed by atoms with Crippen LogP contribution in [0, 0.1) is 0 Å². The zero-order valence-electron chi connectivity index (χ0n) is 6.09. The quantitative estimate of drug-likeness (QED) is 0.505. The van der Waals surface area contributed by atoms with E-state index >= 15 is 0 Å². The first-order valence-electron chi connectivity index (χ1n) is 2.90. The summed E-state index contributed by atoms with van der Waals surface area (Å²) in [5, 5.41) is 15.8. The van der Waals surface area contributed by atoms with Crippen LogP contribution in [0.25, 0.3) is 0 Å². The van der Waals surface area contributed by atoms with Crippen LogP contribution in [0.2, 0.25) is 0 Å². The molecule has 0 aromatic carbocycles. The number of carboxylic acid groups (broad SMARTS) is 1. The summed E-state index contributed by atoms with van der Waals surface area (Å²) in [6, 6.07) is 0. The monoisotopic (exact) mass is 142 g/mol. The predicted molar refractivity (Wildman–Crippen MR) is 35.4 cm³/mol. The van der Waals surface area contributed by atoms with Crippen molar-refractivity contribution < 1.29 is 15.0 Å². The van der Waals surface area contributed by atoms with Gasteiger partial charge < -0.3 is 5.11 Å². The van der Waals surface area contributed by atoms with E-state index in [1.807, 2.05) is 0 Å². The molecule has 1 atom stereocenters. The van der Waals surface area contributed by atoms with Crippen molar-refractivity contribution in [2.24, 2.45) is 0 Å². The van der Waals surface area contributed by atoms with Crippen LogP contribution in [0.1, 0.15) is 20.3 Å². The van der Waals surface area contributed by atoms with Crippen molar-refractivity contribution >= 4 is 33.9 Å². The van der Waals surface area contributed by atoms with Gasteiger partial charge in [0.15, 0.2) is 0 Å². The summed E-state index contributed by atoms with van der Waals surface area (Å²) >= 11 is 0.904. The Morgan fingerprint density at radius 3 is 1.89 bits per heavy atom. The third-order valence-electron chi connectivity index (χ3n) is 0.302. The van der Waals surface area contributed by atoms with Crippen LogP contribution >= 0.6 is 0 Å².